The molecule has 5 heteroatoms. The van der Waals surface area contributed by atoms with E-state index in [0.29, 0.717) is 0 Å². The van der Waals surface area contributed by atoms with Crippen molar-refractivity contribution >= 4 is 5.97 Å². The predicted molar refractivity (Wildman–Crippen MR) is 47.9 cm³/mol. The Morgan fingerprint density at radius 3 is 2.60 bits per heavy atom. The Hall–Kier alpha value is -1.52. The number of aliphatic carboxylic acids is 1. The van der Waals surface area contributed by atoms with Crippen LogP contribution in [-0.4, -0.2) is 22.0 Å². The number of carboxylic acids is 1. The van der Waals surface area contributed by atoms with Gasteiger partial charge in [-0.1, -0.05) is 0 Å². The first kappa shape index (κ1) is 10.0. The monoisotopic (exact) mass is 213 g/mol. The van der Waals surface area contributed by atoms with Gasteiger partial charge in [0.2, 0.25) is 0 Å². The van der Waals surface area contributed by atoms with Gasteiger partial charge in [-0.3, -0.25) is 9.78 Å². The number of nitrogens with zero attached hydrogens (tertiary/aromatic N) is 1. The Balaban J connectivity index is 2.50. The predicted octanol–water partition coefficient (Wildman–Crippen LogP) is 1.75. The fourth-order valence-corrected chi connectivity index (χ4v) is 1.68. The van der Waals surface area contributed by atoms with Crippen LogP contribution in [0.3, 0.4) is 0 Å². The van der Waals surface area contributed by atoms with E-state index in [-0.39, 0.29) is 5.69 Å². The van der Waals surface area contributed by atoms with E-state index in [0.717, 1.165) is 5.56 Å². The normalized spacial score (nSPS) is 27.4. The minimum Gasteiger partial charge on any atom is -0.480 e. The first-order chi connectivity index (χ1) is 6.90. The van der Waals surface area contributed by atoms with Crippen molar-refractivity contribution < 1.29 is 18.7 Å². The van der Waals surface area contributed by atoms with Crippen molar-refractivity contribution in [2.75, 3.05) is 0 Å². The second-order valence-electron chi connectivity index (χ2n) is 3.81. The Morgan fingerprint density at radius 2 is 2.20 bits per heavy atom. The number of halogens is 2. The van der Waals surface area contributed by atoms with Gasteiger partial charge in [-0.25, -0.2) is 8.78 Å². The van der Waals surface area contributed by atoms with Gasteiger partial charge in [0.25, 0.3) is 5.92 Å². The maximum absolute atomic E-state index is 13.1. The Bertz CT molecular complexity index is 433. The van der Waals surface area contributed by atoms with Crippen LogP contribution < -0.4 is 0 Å². The third-order valence-electron chi connectivity index (χ3n) is 2.70. The molecule has 1 heterocycles. The topological polar surface area (TPSA) is 50.2 Å². The van der Waals surface area contributed by atoms with Crippen molar-refractivity contribution in [3.63, 3.8) is 0 Å². The molecule has 1 aliphatic carbocycles. The molecular formula is C10H9F2NO2. The van der Waals surface area contributed by atoms with Crippen LogP contribution in [-0.2, 0) is 10.2 Å². The summed E-state index contributed by atoms with van der Waals surface area (Å²) in [6.07, 6.45) is 0.690. The summed E-state index contributed by atoms with van der Waals surface area (Å²) in [5.41, 5.74) is -1.43. The van der Waals surface area contributed by atoms with E-state index in [1.165, 1.54) is 12.3 Å². The number of carboxylic acid groups (broad SMARTS) is 1. The minimum absolute atomic E-state index is 0.0556. The highest BCUT2D eigenvalue weighted by molar-refractivity contribution is 5.87. The third kappa shape index (κ3) is 1.22. The van der Waals surface area contributed by atoms with Crippen LogP contribution in [0.2, 0.25) is 0 Å². The molecule has 1 saturated carbocycles. The van der Waals surface area contributed by atoms with Crippen LogP contribution in [0, 0.1) is 6.92 Å². The van der Waals surface area contributed by atoms with E-state index < -0.39 is 23.7 Å². The second kappa shape index (κ2) is 2.74. The first-order valence-corrected chi connectivity index (χ1v) is 4.44. The van der Waals surface area contributed by atoms with E-state index in [1.54, 1.807) is 13.0 Å². The van der Waals surface area contributed by atoms with Gasteiger partial charge in [0.15, 0.2) is 5.41 Å². The summed E-state index contributed by atoms with van der Waals surface area (Å²) >= 11 is 0. The summed E-state index contributed by atoms with van der Waals surface area (Å²) in [4.78, 5) is 14.6. The van der Waals surface area contributed by atoms with Crippen molar-refractivity contribution in [3.8, 4) is 0 Å². The zero-order chi connectivity index (χ0) is 11.3. The second-order valence-corrected chi connectivity index (χ2v) is 3.81. The number of pyridine rings is 1. The number of aryl methyl sites for hydroxylation is 1. The number of hydrogen-bond donors (Lipinski definition) is 1. The lowest BCUT2D eigenvalue weighted by Crippen LogP contribution is -2.28. The van der Waals surface area contributed by atoms with Crippen molar-refractivity contribution in [1.29, 1.82) is 0 Å². The molecule has 15 heavy (non-hydrogen) atoms. The maximum Gasteiger partial charge on any atom is 0.322 e. The van der Waals surface area contributed by atoms with Gasteiger partial charge in [-0.15, -0.1) is 0 Å². The molecule has 1 fully saturated rings. The largest absolute Gasteiger partial charge is 0.480 e. The van der Waals surface area contributed by atoms with Crippen LogP contribution in [0.25, 0.3) is 0 Å². The molecule has 1 aromatic rings. The van der Waals surface area contributed by atoms with Crippen LogP contribution in [0.4, 0.5) is 8.78 Å². The van der Waals surface area contributed by atoms with Crippen LogP contribution >= 0.6 is 0 Å². The quantitative estimate of drug-likeness (QED) is 0.814. The fraction of sp³-hybridized carbons (Fsp3) is 0.400. The number of aromatic nitrogens is 1. The zero-order valence-electron chi connectivity index (χ0n) is 8.00. The third-order valence-corrected chi connectivity index (χ3v) is 2.70. The zero-order valence-corrected chi connectivity index (χ0v) is 8.00. The van der Waals surface area contributed by atoms with Crippen molar-refractivity contribution in [2.24, 2.45) is 0 Å². The molecular weight excluding hydrogens is 204 g/mol. The molecule has 0 radical (unpaired) electrons. The van der Waals surface area contributed by atoms with E-state index in [1.807, 2.05) is 0 Å². The van der Waals surface area contributed by atoms with E-state index in [2.05, 4.69) is 4.98 Å². The van der Waals surface area contributed by atoms with E-state index in [4.69, 9.17) is 5.11 Å². The van der Waals surface area contributed by atoms with Crippen LogP contribution in [0.5, 0.6) is 0 Å². The number of rotatable bonds is 2. The molecule has 1 unspecified atom stereocenters. The van der Waals surface area contributed by atoms with E-state index in [9.17, 15) is 13.6 Å². The number of alkyl halides is 2. The molecule has 0 bridgehead atoms. The molecule has 0 saturated heterocycles. The Labute approximate surface area is 84.8 Å². The average molecular weight is 213 g/mol. The Kier molecular flexibility index (Phi) is 1.83. The number of carbonyl (C=O) groups is 1. The molecule has 2 rings (SSSR count). The molecule has 3 nitrogen and oxygen atoms in total. The van der Waals surface area contributed by atoms with Crippen molar-refractivity contribution in [3.05, 3.63) is 29.6 Å². The van der Waals surface area contributed by atoms with Gasteiger partial charge < -0.3 is 5.11 Å². The van der Waals surface area contributed by atoms with Gasteiger partial charge in [0, 0.05) is 12.6 Å². The lowest BCUT2D eigenvalue weighted by Gasteiger charge is -2.10. The highest BCUT2D eigenvalue weighted by Gasteiger charge is 2.78. The summed E-state index contributed by atoms with van der Waals surface area (Å²) < 4.78 is 26.2. The summed E-state index contributed by atoms with van der Waals surface area (Å²) in [5, 5.41) is 8.86. The summed E-state index contributed by atoms with van der Waals surface area (Å²) in [5.74, 6) is -4.69. The van der Waals surface area contributed by atoms with Gasteiger partial charge in [0.1, 0.15) is 0 Å². The van der Waals surface area contributed by atoms with E-state index >= 15 is 0 Å². The molecule has 0 amide bonds. The number of hydrogen-bond acceptors (Lipinski definition) is 2. The lowest BCUT2D eigenvalue weighted by atomic mass is 10.00. The molecule has 0 aliphatic heterocycles. The molecule has 0 aromatic carbocycles. The molecule has 1 aromatic heterocycles. The molecule has 1 N–H and O–H groups in total. The molecule has 1 aliphatic rings. The molecule has 80 valence electrons. The van der Waals surface area contributed by atoms with Gasteiger partial charge in [-0.05, 0) is 24.6 Å². The average Bonchev–Trinajstić information content (AvgIpc) is 2.71. The smallest absolute Gasteiger partial charge is 0.322 e. The first-order valence-electron chi connectivity index (χ1n) is 4.44. The lowest BCUT2D eigenvalue weighted by molar-refractivity contribution is -0.143. The SMILES string of the molecule is Cc1ccnc(C2(C(=O)O)CC2(F)F)c1. The molecule has 1 atom stereocenters. The fourth-order valence-electron chi connectivity index (χ4n) is 1.68. The van der Waals surface area contributed by atoms with Crippen molar-refractivity contribution in [2.45, 2.75) is 24.7 Å². The van der Waals surface area contributed by atoms with Crippen molar-refractivity contribution in [1.82, 2.24) is 4.98 Å². The van der Waals surface area contributed by atoms with Gasteiger partial charge in [-0.2, -0.15) is 0 Å². The van der Waals surface area contributed by atoms with Crippen LogP contribution in [0.15, 0.2) is 18.3 Å². The van der Waals surface area contributed by atoms with Gasteiger partial charge in [0.05, 0.1) is 5.69 Å². The Morgan fingerprint density at radius 1 is 1.60 bits per heavy atom. The highest BCUT2D eigenvalue weighted by atomic mass is 19.3. The summed E-state index contributed by atoms with van der Waals surface area (Å²) in [7, 11) is 0. The van der Waals surface area contributed by atoms with Gasteiger partial charge >= 0.3 is 5.97 Å². The standard InChI is InChI=1S/C10H9F2NO2/c1-6-2-3-13-7(4-6)9(8(14)15)5-10(9,11)12/h2-4H,5H2,1H3,(H,14,15). The molecule has 0 spiro atoms. The minimum atomic E-state index is -3.18. The highest BCUT2D eigenvalue weighted by Crippen LogP contribution is 2.61. The summed E-state index contributed by atoms with van der Waals surface area (Å²) in [6, 6.07) is 3.04. The van der Waals surface area contributed by atoms with Crippen LogP contribution in [0.1, 0.15) is 17.7 Å². The maximum atomic E-state index is 13.1. The summed E-state index contributed by atoms with van der Waals surface area (Å²) in [6.45, 7) is 1.71.